The van der Waals surface area contributed by atoms with Gasteiger partial charge >= 0.3 is 149 Å². The fourth-order valence-corrected chi connectivity index (χ4v) is 37.6. The summed E-state index contributed by atoms with van der Waals surface area (Å²) in [7, 11) is -1.12. The Balaban J connectivity index is 0.00000264. The van der Waals surface area contributed by atoms with E-state index in [1.54, 1.807) is 11.1 Å². The van der Waals surface area contributed by atoms with Gasteiger partial charge in [0.25, 0.3) is 0 Å². The zero-order chi connectivity index (χ0) is 16.7. The molecule has 0 radical (unpaired) electrons. The number of hydrogen-bond acceptors (Lipinski definition) is 0. The van der Waals surface area contributed by atoms with Crippen molar-refractivity contribution in [3.8, 4) is 0 Å². The molecule has 135 valence electrons. The fraction of sp³-hybridized carbons (Fsp3) is 0.600. The number of hydrogen-bond donors (Lipinski definition) is 0. The number of rotatable bonds is 3. The van der Waals surface area contributed by atoms with E-state index in [0.717, 1.165) is 0 Å². The average molecular weight is 508 g/mol. The van der Waals surface area contributed by atoms with E-state index >= 15 is 0 Å². The summed E-state index contributed by atoms with van der Waals surface area (Å²) >= 11 is -1.61. The monoisotopic (exact) mass is 507 g/mol. The predicted molar refractivity (Wildman–Crippen MR) is 99.4 cm³/mol. The quantitative estimate of drug-likeness (QED) is 0.476. The van der Waals surface area contributed by atoms with E-state index in [9.17, 15) is 0 Å². The molecule has 0 aromatic rings. The van der Waals surface area contributed by atoms with E-state index in [0.29, 0.717) is 10.8 Å². The van der Waals surface area contributed by atoms with Gasteiger partial charge in [0, 0.05) is 0 Å². The Hall–Kier alpha value is 0.966. The minimum absolute atomic E-state index is 0. The van der Waals surface area contributed by atoms with Crippen molar-refractivity contribution >= 4 is 10.6 Å². The maximum absolute atomic E-state index is 2.67. The largest absolute Gasteiger partial charge is 1.00 e. The van der Waals surface area contributed by atoms with Crippen molar-refractivity contribution in [1.29, 1.82) is 0 Å². The molecule has 0 aliphatic heterocycles. The fourth-order valence-electron chi connectivity index (χ4n) is 3.80. The Morgan fingerprint density at radius 3 is 1.33 bits per heavy atom. The van der Waals surface area contributed by atoms with Crippen LogP contribution in [0, 0.1) is 10.8 Å². The third-order valence-corrected chi connectivity index (χ3v) is 36.1. The van der Waals surface area contributed by atoms with Gasteiger partial charge in [-0.1, -0.05) is 0 Å². The Labute approximate surface area is 172 Å². The summed E-state index contributed by atoms with van der Waals surface area (Å²) in [6.07, 6.45) is 12.3. The molecule has 0 bridgehead atoms. The van der Waals surface area contributed by atoms with E-state index in [2.05, 4.69) is 77.4 Å². The Morgan fingerprint density at radius 1 is 0.750 bits per heavy atom. The van der Waals surface area contributed by atoms with Gasteiger partial charge in [-0.25, -0.2) is 0 Å². The van der Waals surface area contributed by atoms with Gasteiger partial charge in [-0.15, -0.1) is 0 Å². The number of allylic oxidation sites excluding steroid dienone is 8. The minimum atomic E-state index is -1.61. The van der Waals surface area contributed by atoms with Crippen LogP contribution in [-0.2, 0) is 19.2 Å². The zero-order valence-corrected chi connectivity index (χ0v) is 22.9. The minimum Gasteiger partial charge on any atom is -1.00 e. The molecule has 0 nitrogen and oxygen atoms in total. The van der Waals surface area contributed by atoms with Crippen LogP contribution < -0.4 is 24.8 Å². The number of halogens is 2. The molecule has 2 aliphatic rings. The van der Waals surface area contributed by atoms with Crippen molar-refractivity contribution < 1.29 is 44.1 Å². The van der Waals surface area contributed by atoms with Crippen LogP contribution >= 0.6 is 0 Å². The van der Waals surface area contributed by atoms with Gasteiger partial charge in [0.05, 0.1) is 0 Å². The zero-order valence-electron chi connectivity index (χ0n) is 16.6. The van der Waals surface area contributed by atoms with Crippen molar-refractivity contribution in [2.75, 3.05) is 0 Å². The molecule has 24 heavy (non-hydrogen) atoms. The van der Waals surface area contributed by atoms with Crippen molar-refractivity contribution in [2.45, 2.75) is 65.9 Å². The molecule has 4 heteroatoms. The molecule has 0 saturated heterocycles. The van der Waals surface area contributed by atoms with Gasteiger partial charge in [-0.3, -0.25) is 0 Å². The Kier molecular flexibility index (Phi) is 9.62. The molecule has 2 aliphatic carbocycles. The van der Waals surface area contributed by atoms with Crippen LogP contribution in [-0.4, -0.2) is 10.6 Å². The molecular formula is C20H33Cl2GeZr. The van der Waals surface area contributed by atoms with Gasteiger partial charge in [0.15, 0.2) is 0 Å². The van der Waals surface area contributed by atoms with E-state index in [4.69, 9.17) is 0 Å². The average Bonchev–Trinajstić information content (AvgIpc) is 2.95. The van der Waals surface area contributed by atoms with Gasteiger partial charge < -0.3 is 24.8 Å². The summed E-state index contributed by atoms with van der Waals surface area (Å²) in [5.74, 6) is 5.33. The third kappa shape index (κ3) is 5.48. The van der Waals surface area contributed by atoms with Crippen molar-refractivity contribution in [2.24, 2.45) is 10.8 Å². The van der Waals surface area contributed by atoms with Crippen molar-refractivity contribution in [1.82, 2.24) is 0 Å². The normalized spacial score (nSPS) is 17.5. The van der Waals surface area contributed by atoms with Gasteiger partial charge in [-0.05, 0) is 0 Å². The molecule has 0 saturated carbocycles. The van der Waals surface area contributed by atoms with E-state index in [-0.39, 0.29) is 24.8 Å². The molecule has 0 atom stereocenters. The third-order valence-electron chi connectivity index (χ3n) is 4.71. The first-order chi connectivity index (χ1) is 10.0. The second-order valence-electron chi connectivity index (χ2n) is 9.07. The smallest absolute Gasteiger partial charge is 1.00 e. The van der Waals surface area contributed by atoms with Gasteiger partial charge in [0.1, 0.15) is 0 Å². The first-order valence-corrected chi connectivity index (χ1v) is 24.6. The molecule has 0 heterocycles. The molecule has 2 rings (SSSR count). The van der Waals surface area contributed by atoms with Crippen LogP contribution in [0.25, 0.3) is 0 Å². The molecule has 0 N–H and O–H groups in total. The summed E-state index contributed by atoms with van der Waals surface area (Å²) < 4.78 is 3.90. The van der Waals surface area contributed by atoms with Crippen LogP contribution in [0.3, 0.4) is 0 Å². The van der Waals surface area contributed by atoms with Crippen molar-refractivity contribution in [3.05, 3.63) is 42.0 Å². The standard InChI is InChI=1S/2C9H13.C2H7Ge.2ClH.Zr/c2*1-9(2,3)8-6-4-5-7-8;1-3-2;;;/h2*4,6H,5H2,1-3H3;3H,1-2H3;2*1H;/q;;;;;+2/p-2. The first-order valence-electron chi connectivity index (χ1n) is 8.71. The van der Waals surface area contributed by atoms with Crippen LogP contribution in [0.4, 0.5) is 0 Å². The topological polar surface area (TPSA) is 0 Å². The van der Waals surface area contributed by atoms with Gasteiger partial charge in [0.2, 0.25) is 0 Å². The summed E-state index contributed by atoms with van der Waals surface area (Å²) in [5, 5.41) is 0. The van der Waals surface area contributed by atoms with Crippen LogP contribution in [0.5, 0.6) is 0 Å². The van der Waals surface area contributed by atoms with E-state index in [1.165, 1.54) is 12.8 Å². The molecule has 0 unspecified atom stereocenters. The molecule has 0 aromatic carbocycles. The molecule has 0 fully saturated rings. The maximum atomic E-state index is 2.67. The molecule has 0 spiro atoms. The van der Waals surface area contributed by atoms with E-state index in [1.807, 2.05) is 6.56 Å². The predicted octanol–water partition coefficient (Wildman–Crippen LogP) is 0.116. The molecular weight excluding hydrogens is 475 g/mol. The van der Waals surface area contributed by atoms with Crippen molar-refractivity contribution in [3.63, 3.8) is 0 Å². The second-order valence-corrected chi connectivity index (χ2v) is 40.8. The molecule has 0 aromatic heterocycles. The summed E-state index contributed by atoms with van der Waals surface area (Å²) in [6, 6.07) is 0. The van der Waals surface area contributed by atoms with E-state index < -0.39 is 29.8 Å². The first kappa shape index (κ1) is 25.0. The Bertz CT molecular complexity index is 521. The summed E-state index contributed by atoms with van der Waals surface area (Å²) in [4.78, 5) is 0. The maximum Gasteiger partial charge on any atom is -1.00 e. The second kappa shape index (κ2) is 9.25. The van der Waals surface area contributed by atoms with Crippen LogP contribution in [0.1, 0.15) is 54.4 Å². The van der Waals surface area contributed by atoms with Crippen LogP contribution in [0.15, 0.2) is 42.0 Å². The van der Waals surface area contributed by atoms with Gasteiger partial charge in [-0.2, -0.15) is 0 Å². The van der Waals surface area contributed by atoms with Crippen LogP contribution in [0.2, 0.25) is 11.5 Å². The Morgan fingerprint density at radius 2 is 1.08 bits per heavy atom. The summed E-state index contributed by atoms with van der Waals surface area (Å²) in [6.45, 7) is 14.4. The summed E-state index contributed by atoms with van der Waals surface area (Å²) in [5.41, 5.74) is 4.04. The molecule has 0 amide bonds. The SMILES string of the molecule is [CH3][GeH]([CH3])[Zr+2]([C]1=C(C(C)(C)C)C=CC1)[C]1=C(C(C)(C)C)C=CC1.[Cl-].[Cl-].